The number of piperidine rings is 1. The smallest absolute Gasteiger partial charge is 0.258 e. The van der Waals surface area contributed by atoms with Gasteiger partial charge in [-0.25, -0.2) is 10.8 Å². The number of fused-ring (bicyclic) bond motifs is 1. The largest absolute Gasteiger partial charge is 0.483 e. The van der Waals surface area contributed by atoms with Crippen LogP contribution in [0.15, 0.2) is 42.2 Å². The van der Waals surface area contributed by atoms with Crippen LogP contribution in [0.5, 0.6) is 11.6 Å². The van der Waals surface area contributed by atoms with Gasteiger partial charge < -0.3 is 30.2 Å². The van der Waals surface area contributed by atoms with Crippen molar-refractivity contribution < 1.29 is 14.6 Å². The Bertz CT molecular complexity index is 1320. The van der Waals surface area contributed by atoms with Crippen molar-refractivity contribution >= 4 is 22.5 Å². The van der Waals surface area contributed by atoms with Gasteiger partial charge in [0.1, 0.15) is 6.10 Å². The molecule has 0 radical (unpaired) electrons. The van der Waals surface area contributed by atoms with Crippen molar-refractivity contribution in [1.82, 2.24) is 19.9 Å². The molecule has 1 atom stereocenters. The lowest BCUT2D eigenvalue weighted by atomic mass is 9.82. The highest BCUT2D eigenvalue weighted by atomic mass is 35.5. The van der Waals surface area contributed by atoms with Crippen LogP contribution in [0.25, 0.3) is 10.9 Å². The maximum absolute atomic E-state index is 12.3. The first-order chi connectivity index (χ1) is 17.6. The highest BCUT2D eigenvalue weighted by Crippen LogP contribution is 2.44. The number of ether oxygens (including phenoxy) is 2. The number of aromatic nitrogens is 2. The van der Waals surface area contributed by atoms with E-state index >= 15 is 0 Å². The maximum Gasteiger partial charge on any atom is 0.258 e. The van der Waals surface area contributed by atoms with E-state index in [4.69, 9.17) is 32.7 Å². The van der Waals surface area contributed by atoms with Gasteiger partial charge in [0.25, 0.3) is 5.88 Å². The molecule has 0 amide bonds. The number of likely N-dealkylation sites (N-methyl/N-ethyl adjacent to an activating group) is 1. The Morgan fingerprint density at radius 3 is 2.51 bits per heavy atom. The van der Waals surface area contributed by atoms with E-state index in [-0.39, 0.29) is 11.8 Å². The van der Waals surface area contributed by atoms with Crippen LogP contribution in [-0.4, -0.2) is 65.4 Å². The van der Waals surface area contributed by atoms with Gasteiger partial charge in [-0.15, -0.1) is 0 Å². The molecule has 0 aliphatic carbocycles. The first kappa shape index (κ1) is 26.9. The third kappa shape index (κ3) is 5.04. The number of hydrazine groups is 1. The van der Waals surface area contributed by atoms with Gasteiger partial charge in [0, 0.05) is 48.7 Å². The Labute approximate surface area is 222 Å². The van der Waals surface area contributed by atoms with Gasteiger partial charge >= 0.3 is 0 Å². The summed E-state index contributed by atoms with van der Waals surface area (Å²) in [5.74, 6) is 6.85. The van der Waals surface area contributed by atoms with Crippen LogP contribution >= 0.6 is 11.6 Å². The third-order valence-electron chi connectivity index (χ3n) is 6.93. The average Bonchev–Trinajstić information content (AvgIpc) is 2.86. The van der Waals surface area contributed by atoms with Gasteiger partial charge in [-0.1, -0.05) is 23.7 Å². The Balaban J connectivity index is 1.89. The summed E-state index contributed by atoms with van der Waals surface area (Å²) in [6.07, 6.45) is 3.05. The monoisotopic (exact) mass is 526 g/mol. The highest BCUT2D eigenvalue weighted by molar-refractivity contribution is 6.37. The lowest BCUT2D eigenvalue weighted by Crippen LogP contribution is -2.42. The Hall–Kier alpha value is -3.11. The number of likely N-dealkylation sites (tertiary alicyclic amines) is 1. The predicted octanol–water partition coefficient (Wildman–Crippen LogP) is 3.22. The molecule has 1 aromatic carbocycles. The van der Waals surface area contributed by atoms with Crippen molar-refractivity contribution in [3.05, 3.63) is 69.8 Å². The van der Waals surface area contributed by atoms with E-state index in [0.29, 0.717) is 44.4 Å². The number of hydrogen-bond donors (Lipinski definition) is 3. The van der Waals surface area contributed by atoms with E-state index in [1.807, 2.05) is 26.0 Å². The molecular formula is C27H35ClN6O3. The van der Waals surface area contributed by atoms with Gasteiger partial charge in [-0.05, 0) is 57.5 Å². The summed E-state index contributed by atoms with van der Waals surface area (Å²) >= 11 is 6.95. The minimum absolute atomic E-state index is 0.000846. The number of aryl methyl sites for hydroxylation is 2. The number of pyridine rings is 2. The first-order valence-electron chi connectivity index (χ1n) is 12.2. The number of methoxy groups -OCH3 is 1. The molecule has 1 aliphatic rings. The number of rotatable bonds is 7. The second-order valence-corrected chi connectivity index (χ2v) is 9.95. The molecule has 5 N–H and O–H groups in total. The molecule has 1 aliphatic heterocycles. The molecule has 37 heavy (non-hydrogen) atoms. The van der Waals surface area contributed by atoms with Crippen LogP contribution in [0.4, 0.5) is 0 Å². The number of nitrogens with two attached hydrogens (primary N) is 2. The fourth-order valence-electron chi connectivity index (χ4n) is 4.92. The van der Waals surface area contributed by atoms with Crippen molar-refractivity contribution in [3.63, 3.8) is 0 Å². The molecule has 10 heteroatoms. The molecule has 198 valence electrons. The average molecular weight is 527 g/mol. The summed E-state index contributed by atoms with van der Waals surface area (Å²) in [6, 6.07) is 9.02. The van der Waals surface area contributed by atoms with E-state index in [9.17, 15) is 5.11 Å². The highest BCUT2D eigenvalue weighted by Gasteiger charge is 2.40. The van der Waals surface area contributed by atoms with Gasteiger partial charge in [0.15, 0.2) is 5.60 Å². The summed E-state index contributed by atoms with van der Waals surface area (Å²) < 4.78 is 11.9. The third-order valence-corrected chi connectivity index (χ3v) is 7.31. The summed E-state index contributed by atoms with van der Waals surface area (Å²) in [5, 5.41) is 14.6. The van der Waals surface area contributed by atoms with Crippen molar-refractivity contribution in [2.75, 3.05) is 34.3 Å². The number of hydrogen-bond acceptors (Lipinski definition) is 9. The zero-order valence-electron chi connectivity index (χ0n) is 22.0. The van der Waals surface area contributed by atoms with E-state index in [0.717, 1.165) is 31.6 Å². The SMILES string of the molecule is COc1nc2ccc(C(O)(/C(=C/N)N(C)N)c3ccc(C)nc3C)cc2c(Cl)c1OC1CCN(C)CC1. The van der Waals surface area contributed by atoms with Crippen LogP contribution in [0.1, 0.15) is 35.4 Å². The first-order valence-corrected chi connectivity index (χ1v) is 12.6. The number of aliphatic hydroxyl groups is 1. The van der Waals surface area contributed by atoms with Crippen LogP contribution in [0, 0.1) is 13.8 Å². The molecule has 1 fully saturated rings. The predicted molar refractivity (Wildman–Crippen MR) is 145 cm³/mol. The quantitative estimate of drug-likeness (QED) is 0.314. The molecule has 0 saturated carbocycles. The summed E-state index contributed by atoms with van der Waals surface area (Å²) in [7, 11) is 5.26. The molecule has 1 saturated heterocycles. The minimum atomic E-state index is -1.71. The molecule has 4 rings (SSSR count). The second-order valence-electron chi connectivity index (χ2n) is 9.58. The van der Waals surface area contributed by atoms with Gasteiger partial charge in [0.05, 0.1) is 23.3 Å². The zero-order valence-corrected chi connectivity index (χ0v) is 22.7. The van der Waals surface area contributed by atoms with E-state index in [1.54, 1.807) is 32.4 Å². The summed E-state index contributed by atoms with van der Waals surface area (Å²) in [4.78, 5) is 11.5. The Morgan fingerprint density at radius 2 is 1.92 bits per heavy atom. The van der Waals surface area contributed by atoms with Crippen molar-refractivity contribution in [2.24, 2.45) is 11.6 Å². The maximum atomic E-state index is 12.3. The fraction of sp³-hybridized carbons (Fsp3) is 0.407. The lowest BCUT2D eigenvalue weighted by molar-refractivity contribution is 0.0870. The van der Waals surface area contributed by atoms with E-state index in [2.05, 4.69) is 21.9 Å². The Morgan fingerprint density at radius 1 is 1.22 bits per heavy atom. The van der Waals surface area contributed by atoms with E-state index < -0.39 is 5.60 Å². The summed E-state index contributed by atoms with van der Waals surface area (Å²) in [6.45, 7) is 5.61. The fourth-order valence-corrected chi connectivity index (χ4v) is 5.20. The molecule has 1 unspecified atom stereocenters. The standard InChI is InChI=1S/C27H35ClN6O3/c1-16-6-8-21(17(2)31-16)27(35,23(15-29)34(4)30)18-7-9-22-20(14-18)24(28)25(26(32-22)36-5)37-19-10-12-33(3)13-11-19/h6-9,14-15,19,35H,10-13,29-30H2,1-5H3/b23-15-. The van der Waals surface area contributed by atoms with Gasteiger partial charge in [-0.3, -0.25) is 4.98 Å². The molecule has 9 nitrogen and oxygen atoms in total. The van der Waals surface area contributed by atoms with Crippen LogP contribution in [-0.2, 0) is 5.60 Å². The van der Waals surface area contributed by atoms with E-state index in [1.165, 1.54) is 11.2 Å². The molecule has 0 bridgehead atoms. The van der Waals surface area contributed by atoms with Crippen LogP contribution in [0.2, 0.25) is 5.02 Å². The van der Waals surface area contributed by atoms with Crippen LogP contribution in [0.3, 0.4) is 0 Å². The zero-order chi connectivity index (χ0) is 26.9. The van der Waals surface area contributed by atoms with Crippen LogP contribution < -0.4 is 21.1 Å². The molecule has 3 aromatic rings. The molecule has 0 spiro atoms. The summed E-state index contributed by atoms with van der Waals surface area (Å²) in [5.41, 5.74) is 7.68. The van der Waals surface area contributed by atoms with Gasteiger partial charge in [-0.2, -0.15) is 0 Å². The van der Waals surface area contributed by atoms with Gasteiger partial charge in [0.2, 0.25) is 5.75 Å². The van der Waals surface area contributed by atoms with Crippen molar-refractivity contribution in [2.45, 2.75) is 38.4 Å². The minimum Gasteiger partial charge on any atom is -0.483 e. The normalized spacial score (nSPS) is 17.0. The van der Waals surface area contributed by atoms with Crippen molar-refractivity contribution in [1.29, 1.82) is 0 Å². The number of nitrogens with zero attached hydrogens (tertiary/aromatic N) is 4. The number of benzene rings is 1. The number of halogens is 1. The second kappa shape index (κ2) is 10.7. The molecule has 2 aromatic heterocycles. The lowest BCUT2D eigenvalue weighted by Gasteiger charge is -2.36. The molecule has 3 heterocycles. The Kier molecular flexibility index (Phi) is 7.80. The van der Waals surface area contributed by atoms with Crippen molar-refractivity contribution in [3.8, 4) is 11.6 Å². The molecular weight excluding hydrogens is 492 g/mol. The topological polar surface area (TPSA) is 123 Å².